The number of carbonyl (C=O) groups excluding carboxylic acids is 2. The van der Waals surface area contributed by atoms with Gasteiger partial charge in [0.25, 0.3) is 0 Å². The van der Waals surface area contributed by atoms with Crippen LogP contribution in [-0.2, 0) is 9.59 Å². The van der Waals surface area contributed by atoms with E-state index < -0.39 is 11.6 Å². The van der Waals surface area contributed by atoms with Gasteiger partial charge in [0.15, 0.2) is 5.72 Å². The Labute approximate surface area is 174 Å². The SMILES string of the molecule is C[C@@]12C[C@@H](c3ccccc3O1)[C@@H](C(=O)N1CCN(c3ccccc3F)CC1)C(=O)N2. The van der Waals surface area contributed by atoms with Crippen molar-refractivity contribution < 1.29 is 18.7 Å². The Bertz CT molecular complexity index is 1000. The zero-order valence-electron chi connectivity index (χ0n) is 16.8. The number of ether oxygens (including phenoxy) is 1. The number of anilines is 1. The Hall–Kier alpha value is -3.09. The van der Waals surface area contributed by atoms with Gasteiger partial charge in [-0.05, 0) is 30.7 Å². The molecule has 3 atom stereocenters. The molecule has 0 spiro atoms. The maximum absolute atomic E-state index is 14.1. The van der Waals surface area contributed by atoms with Gasteiger partial charge in [-0.25, -0.2) is 4.39 Å². The summed E-state index contributed by atoms with van der Waals surface area (Å²) in [6.07, 6.45) is 0.557. The highest BCUT2D eigenvalue weighted by molar-refractivity contribution is 6.02. The van der Waals surface area contributed by atoms with Crippen LogP contribution in [-0.4, -0.2) is 48.6 Å². The molecule has 2 aromatic rings. The van der Waals surface area contributed by atoms with E-state index in [1.165, 1.54) is 6.07 Å². The van der Waals surface area contributed by atoms with E-state index in [2.05, 4.69) is 5.32 Å². The predicted molar refractivity (Wildman–Crippen MR) is 110 cm³/mol. The van der Waals surface area contributed by atoms with Crippen LogP contribution in [0.3, 0.4) is 0 Å². The molecule has 3 aliphatic heterocycles. The molecule has 7 heteroatoms. The summed E-state index contributed by atoms with van der Waals surface area (Å²) < 4.78 is 20.1. The molecule has 5 rings (SSSR count). The van der Waals surface area contributed by atoms with Gasteiger partial charge in [-0.2, -0.15) is 0 Å². The number of nitrogens with one attached hydrogen (secondary N) is 1. The number of amides is 2. The number of piperidine rings is 1. The van der Waals surface area contributed by atoms with Crippen molar-refractivity contribution in [3.63, 3.8) is 0 Å². The maximum atomic E-state index is 14.1. The topological polar surface area (TPSA) is 61.9 Å². The summed E-state index contributed by atoms with van der Waals surface area (Å²) in [5.74, 6) is -0.983. The Morgan fingerprint density at radius 3 is 2.57 bits per heavy atom. The van der Waals surface area contributed by atoms with Crippen LogP contribution < -0.4 is 15.0 Å². The molecule has 2 bridgehead atoms. The van der Waals surface area contributed by atoms with Crippen LogP contribution in [0.2, 0.25) is 0 Å². The Balaban J connectivity index is 1.36. The van der Waals surface area contributed by atoms with Crippen LogP contribution >= 0.6 is 0 Å². The van der Waals surface area contributed by atoms with E-state index in [1.807, 2.05) is 42.2 Å². The second-order valence-electron chi connectivity index (χ2n) is 8.41. The van der Waals surface area contributed by atoms with Crippen molar-refractivity contribution in [3.05, 3.63) is 59.9 Å². The van der Waals surface area contributed by atoms with Gasteiger partial charge in [-0.3, -0.25) is 9.59 Å². The van der Waals surface area contributed by atoms with Gasteiger partial charge < -0.3 is 19.9 Å². The predicted octanol–water partition coefficient (Wildman–Crippen LogP) is 2.50. The molecule has 3 aliphatic rings. The number of halogens is 1. The largest absolute Gasteiger partial charge is 0.468 e. The second kappa shape index (κ2) is 7.00. The normalized spacial score (nSPS) is 27.7. The van der Waals surface area contributed by atoms with Crippen LogP contribution in [0.4, 0.5) is 10.1 Å². The first kappa shape index (κ1) is 18.9. The van der Waals surface area contributed by atoms with Crippen molar-refractivity contribution >= 4 is 17.5 Å². The van der Waals surface area contributed by atoms with E-state index in [4.69, 9.17) is 4.74 Å². The summed E-state index contributed by atoms with van der Waals surface area (Å²) >= 11 is 0. The van der Waals surface area contributed by atoms with Crippen molar-refractivity contribution in [3.8, 4) is 5.75 Å². The summed E-state index contributed by atoms with van der Waals surface area (Å²) in [6.45, 7) is 3.83. The van der Waals surface area contributed by atoms with E-state index >= 15 is 0 Å². The van der Waals surface area contributed by atoms with Crippen LogP contribution in [0.15, 0.2) is 48.5 Å². The standard InChI is InChI=1S/C23H24FN3O3/c1-23-14-16(15-6-2-5-9-19(15)30-23)20(21(28)25-23)22(29)27-12-10-26(11-13-27)18-8-4-3-7-17(18)24/h2-9,16,20H,10-14H2,1H3,(H,25,28)/t16-,20+,23-/m0/s1. The molecule has 3 heterocycles. The molecule has 0 radical (unpaired) electrons. The molecule has 2 saturated heterocycles. The molecule has 0 unspecified atom stereocenters. The molecule has 0 aromatic heterocycles. The van der Waals surface area contributed by atoms with Crippen molar-refractivity contribution in [2.75, 3.05) is 31.1 Å². The van der Waals surface area contributed by atoms with Crippen molar-refractivity contribution in [1.82, 2.24) is 10.2 Å². The molecule has 2 amide bonds. The minimum Gasteiger partial charge on any atom is -0.468 e. The van der Waals surface area contributed by atoms with Crippen molar-refractivity contribution in [2.24, 2.45) is 5.92 Å². The van der Waals surface area contributed by atoms with E-state index in [1.54, 1.807) is 17.0 Å². The maximum Gasteiger partial charge on any atom is 0.236 e. The summed E-state index contributed by atoms with van der Waals surface area (Å²) in [5.41, 5.74) is 0.665. The van der Waals surface area contributed by atoms with E-state index in [-0.39, 0.29) is 23.5 Å². The number of para-hydroxylation sites is 2. The Morgan fingerprint density at radius 2 is 1.80 bits per heavy atom. The lowest BCUT2D eigenvalue weighted by atomic mass is 9.74. The highest BCUT2D eigenvalue weighted by Gasteiger charge is 2.52. The van der Waals surface area contributed by atoms with Gasteiger partial charge in [-0.15, -0.1) is 0 Å². The number of piperazine rings is 1. The molecule has 2 aromatic carbocycles. The zero-order chi connectivity index (χ0) is 20.9. The number of benzene rings is 2. The first-order chi connectivity index (χ1) is 14.5. The average molecular weight is 409 g/mol. The van der Waals surface area contributed by atoms with Gasteiger partial charge >= 0.3 is 0 Å². The number of hydrogen-bond acceptors (Lipinski definition) is 4. The van der Waals surface area contributed by atoms with Crippen LogP contribution in [0.25, 0.3) is 0 Å². The lowest BCUT2D eigenvalue weighted by Crippen LogP contribution is -2.64. The fourth-order valence-corrected chi connectivity index (χ4v) is 4.95. The highest BCUT2D eigenvalue weighted by atomic mass is 19.1. The van der Waals surface area contributed by atoms with Crippen LogP contribution in [0.5, 0.6) is 5.75 Å². The minimum atomic E-state index is -0.795. The third kappa shape index (κ3) is 3.09. The third-order valence-corrected chi connectivity index (χ3v) is 6.39. The molecule has 0 saturated carbocycles. The first-order valence-corrected chi connectivity index (χ1v) is 10.3. The van der Waals surface area contributed by atoms with E-state index in [0.29, 0.717) is 38.3 Å². The molecule has 156 valence electrons. The van der Waals surface area contributed by atoms with Crippen molar-refractivity contribution in [2.45, 2.75) is 25.0 Å². The summed E-state index contributed by atoms with van der Waals surface area (Å²) in [7, 11) is 0. The molecule has 1 N–H and O–H groups in total. The number of carbonyl (C=O) groups is 2. The van der Waals surface area contributed by atoms with Gasteiger partial charge in [-0.1, -0.05) is 30.3 Å². The van der Waals surface area contributed by atoms with Crippen LogP contribution in [0, 0.1) is 11.7 Å². The Morgan fingerprint density at radius 1 is 1.10 bits per heavy atom. The molecule has 6 nitrogen and oxygen atoms in total. The summed E-state index contributed by atoms with van der Waals surface area (Å²) in [4.78, 5) is 30.0. The monoisotopic (exact) mass is 409 g/mol. The molecular formula is C23H24FN3O3. The zero-order valence-corrected chi connectivity index (χ0v) is 16.8. The summed E-state index contributed by atoms with van der Waals surface area (Å²) in [6, 6.07) is 14.3. The minimum absolute atomic E-state index is 0.163. The van der Waals surface area contributed by atoms with Gasteiger partial charge in [0.2, 0.25) is 11.8 Å². The molecule has 0 aliphatic carbocycles. The number of hydrogen-bond donors (Lipinski definition) is 1. The lowest BCUT2D eigenvalue weighted by Gasteiger charge is -2.48. The molecule has 2 fully saturated rings. The average Bonchev–Trinajstić information content (AvgIpc) is 2.73. The van der Waals surface area contributed by atoms with Gasteiger partial charge in [0, 0.05) is 38.5 Å². The van der Waals surface area contributed by atoms with Crippen LogP contribution in [0.1, 0.15) is 24.8 Å². The first-order valence-electron chi connectivity index (χ1n) is 10.3. The van der Waals surface area contributed by atoms with E-state index in [0.717, 1.165) is 11.3 Å². The second-order valence-corrected chi connectivity index (χ2v) is 8.41. The number of fused-ring (bicyclic) bond motifs is 4. The third-order valence-electron chi connectivity index (χ3n) is 6.39. The van der Waals surface area contributed by atoms with Gasteiger partial charge in [0.1, 0.15) is 17.5 Å². The number of nitrogens with zero attached hydrogens (tertiary/aromatic N) is 2. The fraction of sp³-hybridized carbons (Fsp3) is 0.391. The lowest BCUT2D eigenvalue weighted by molar-refractivity contribution is -0.152. The molecule has 30 heavy (non-hydrogen) atoms. The highest BCUT2D eigenvalue weighted by Crippen LogP contribution is 2.47. The smallest absolute Gasteiger partial charge is 0.236 e. The fourth-order valence-electron chi connectivity index (χ4n) is 4.95. The quantitative estimate of drug-likeness (QED) is 0.775. The number of rotatable bonds is 2. The van der Waals surface area contributed by atoms with E-state index in [9.17, 15) is 14.0 Å². The molecular weight excluding hydrogens is 385 g/mol. The van der Waals surface area contributed by atoms with Gasteiger partial charge in [0.05, 0.1) is 5.69 Å². The van der Waals surface area contributed by atoms with Crippen molar-refractivity contribution in [1.29, 1.82) is 0 Å². The summed E-state index contributed by atoms with van der Waals surface area (Å²) in [5, 5.41) is 2.91. The Kier molecular flexibility index (Phi) is 4.41.